The van der Waals surface area contributed by atoms with Gasteiger partial charge in [-0.2, -0.15) is 13.2 Å². The number of hydrogen-bond acceptors (Lipinski definition) is 4. The number of rotatable bonds is 2. The molecule has 4 nitrogen and oxygen atoms in total. The van der Waals surface area contributed by atoms with Gasteiger partial charge in [0.2, 0.25) is 5.82 Å². The van der Waals surface area contributed by atoms with Gasteiger partial charge < -0.3 is 5.73 Å². The molecule has 0 atom stereocenters. The van der Waals surface area contributed by atoms with Gasteiger partial charge in [-0.1, -0.05) is 0 Å². The van der Waals surface area contributed by atoms with E-state index < -0.39 is 12.0 Å². The van der Waals surface area contributed by atoms with Gasteiger partial charge in [0.15, 0.2) is 0 Å². The van der Waals surface area contributed by atoms with Gasteiger partial charge in [-0.25, -0.2) is 9.97 Å². The summed E-state index contributed by atoms with van der Waals surface area (Å²) in [7, 11) is 0. The average molecular weight is 268 g/mol. The van der Waals surface area contributed by atoms with Gasteiger partial charge >= 0.3 is 6.18 Å². The molecule has 100 valence electrons. The molecule has 0 saturated carbocycles. The molecule has 0 aliphatic carbocycles. The lowest BCUT2D eigenvalue weighted by Crippen LogP contribution is -2.10. The van der Waals surface area contributed by atoms with Crippen LogP contribution in [0.2, 0.25) is 0 Å². The molecule has 0 unspecified atom stereocenters. The fourth-order valence-corrected chi connectivity index (χ4v) is 1.63. The van der Waals surface area contributed by atoms with E-state index in [4.69, 9.17) is 5.73 Å². The van der Waals surface area contributed by atoms with Crippen molar-refractivity contribution < 1.29 is 13.2 Å². The number of nitrogens with two attached hydrogens (primary N) is 1. The third kappa shape index (κ3) is 3.05. The molecule has 0 fully saturated rings. The highest BCUT2D eigenvalue weighted by molar-refractivity contribution is 5.62. The Morgan fingerprint density at radius 2 is 1.74 bits per heavy atom. The predicted octanol–water partition coefficient (Wildman–Crippen LogP) is 2.32. The van der Waals surface area contributed by atoms with Crippen LogP contribution in [0.15, 0.2) is 24.5 Å². The molecule has 0 spiro atoms. The van der Waals surface area contributed by atoms with Crippen molar-refractivity contribution >= 4 is 0 Å². The number of halogens is 3. The van der Waals surface area contributed by atoms with Gasteiger partial charge in [0.05, 0.1) is 5.69 Å². The number of hydrogen-bond donors (Lipinski definition) is 1. The minimum absolute atomic E-state index is 0.260. The van der Waals surface area contributed by atoms with Crippen molar-refractivity contribution in [3.8, 4) is 11.1 Å². The Hall–Kier alpha value is -2.02. The van der Waals surface area contributed by atoms with Crippen molar-refractivity contribution in [1.29, 1.82) is 0 Å². The molecule has 0 radical (unpaired) electrons. The third-order valence-electron chi connectivity index (χ3n) is 2.45. The zero-order chi connectivity index (χ0) is 14.0. The first-order valence-electron chi connectivity index (χ1n) is 5.47. The largest absolute Gasteiger partial charge is 0.451 e. The Kier molecular flexibility index (Phi) is 3.48. The first-order chi connectivity index (χ1) is 8.90. The smallest absolute Gasteiger partial charge is 0.325 e. The normalized spacial score (nSPS) is 11.6. The van der Waals surface area contributed by atoms with E-state index in [1.165, 1.54) is 0 Å². The van der Waals surface area contributed by atoms with Crippen LogP contribution in [0.25, 0.3) is 11.1 Å². The Balaban J connectivity index is 2.40. The lowest BCUT2D eigenvalue weighted by atomic mass is 10.1. The van der Waals surface area contributed by atoms with E-state index in [1.807, 2.05) is 0 Å². The van der Waals surface area contributed by atoms with Crippen molar-refractivity contribution in [3.05, 3.63) is 41.7 Å². The fraction of sp³-hybridized carbons (Fsp3) is 0.250. The fourth-order valence-electron chi connectivity index (χ4n) is 1.63. The first-order valence-corrected chi connectivity index (χ1v) is 5.47. The lowest BCUT2D eigenvalue weighted by molar-refractivity contribution is -0.144. The first kappa shape index (κ1) is 13.4. The summed E-state index contributed by atoms with van der Waals surface area (Å²) in [5.74, 6) is -1.15. The second-order valence-electron chi connectivity index (χ2n) is 3.99. The molecule has 0 aliphatic heterocycles. The number of alkyl halides is 3. The van der Waals surface area contributed by atoms with Gasteiger partial charge in [-0.3, -0.25) is 4.98 Å². The highest BCUT2D eigenvalue weighted by Gasteiger charge is 2.34. The molecule has 2 aromatic rings. The summed E-state index contributed by atoms with van der Waals surface area (Å²) in [5, 5.41) is 0. The molecule has 7 heteroatoms. The summed E-state index contributed by atoms with van der Waals surface area (Å²) in [5.41, 5.74) is 8.09. The number of aromatic nitrogens is 3. The highest BCUT2D eigenvalue weighted by atomic mass is 19.4. The van der Waals surface area contributed by atoms with Crippen LogP contribution >= 0.6 is 0 Å². The molecule has 0 amide bonds. The van der Waals surface area contributed by atoms with Crippen molar-refractivity contribution in [2.75, 3.05) is 0 Å². The van der Waals surface area contributed by atoms with Gasteiger partial charge in [0.1, 0.15) is 0 Å². The Morgan fingerprint density at radius 3 is 2.26 bits per heavy atom. The molecule has 0 saturated heterocycles. The van der Waals surface area contributed by atoms with E-state index in [0.29, 0.717) is 16.8 Å². The second kappa shape index (κ2) is 4.93. The van der Waals surface area contributed by atoms with Gasteiger partial charge in [-0.05, 0) is 24.6 Å². The van der Waals surface area contributed by atoms with Gasteiger partial charge in [0, 0.05) is 30.2 Å². The highest BCUT2D eigenvalue weighted by Crippen LogP contribution is 2.27. The van der Waals surface area contributed by atoms with Crippen molar-refractivity contribution in [2.45, 2.75) is 19.6 Å². The van der Waals surface area contributed by atoms with E-state index in [2.05, 4.69) is 15.0 Å². The van der Waals surface area contributed by atoms with Gasteiger partial charge in [0.25, 0.3) is 0 Å². The van der Waals surface area contributed by atoms with Crippen LogP contribution in [0, 0.1) is 6.92 Å². The third-order valence-corrected chi connectivity index (χ3v) is 2.45. The number of nitrogens with zero attached hydrogens (tertiary/aromatic N) is 3. The SMILES string of the molecule is Cc1cc(-c2cnc(C(F)(F)F)nc2)cc(CN)n1. The Bertz CT molecular complexity index is 579. The second-order valence-corrected chi connectivity index (χ2v) is 3.99. The zero-order valence-corrected chi connectivity index (χ0v) is 10.1. The van der Waals surface area contributed by atoms with Crippen molar-refractivity contribution in [2.24, 2.45) is 5.73 Å². The molecule has 2 N–H and O–H groups in total. The zero-order valence-electron chi connectivity index (χ0n) is 10.1. The molecule has 19 heavy (non-hydrogen) atoms. The van der Waals surface area contributed by atoms with E-state index in [-0.39, 0.29) is 6.54 Å². The minimum atomic E-state index is -4.53. The van der Waals surface area contributed by atoms with E-state index in [9.17, 15) is 13.2 Å². The Morgan fingerprint density at radius 1 is 1.11 bits per heavy atom. The van der Waals surface area contributed by atoms with Crippen LogP contribution in [-0.4, -0.2) is 15.0 Å². The standard InChI is InChI=1S/C12H11F3N4/c1-7-2-8(3-10(4-16)19-7)9-5-17-11(18-6-9)12(13,14)15/h2-3,5-6H,4,16H2,1H3. The van der Waals surface area contributed by atoms with E-state index in [1.54, 1.807) is 19.1 Å². The molecular formula is C12H11F3N4. The van der Waals surface area contributed by atoms with Gasteiger partial charge in [-0.15, -0.1) is 0 Å². The summed E-state index contributed by atoms with van der Waals surface area (Å²) in [4.78, 5) is 10.8. The average Bonchev–Trinajstić information content (AvgIpc) is 2.37. The molecule has 2 rings (SSSR count). The molecule has 0 bridgehead atoms. The molecule has 0 aliphatic rings. The Labute approximate surface area is 107 Å². The monoisotopic (exact) mass is 268 g/mol. The maximum Gasteiger partial charge on any atom is 0.451 e. The summed E-state index contributed by atoms with van der Waals surface area (Å²) in [6, 6.07) is 3.45. The van der Waals surface area contributed by atoms with Crippen molar-refractivity contribution in [3.63, 3.8) is 0 Å². The van der Waals surface area contributed by atoms with Crippen LogP contribution in [0.5, 0.6) is 0 Å². The van der Waals surface area contributed by atoms with E-state index >= 15 is 0 Å². The molecule has 2 aromatic heterocycles. The molecule has 0 aromatic carbocycles. The number of pyridine rings is 1. The summed E-state index contributed by atoms with van der Waals surface area (Å²) in [6.07, 6.45) is -2.25. The predicted molar refractivity (Wildman–Crippen MR) is 62.9 cm³/mol. The van der Waals surface area contributed by atoms with E-state index in [0.717, 1.165) is 18.1 Å². The summed E-state index contributed by atoms with van der Waals surface area (Å²) >= 11 is 0. The number of aryl methyl sites for hydroxylation is 1. The van der Waals surface area contributed by atoms with Crippen LogP contribution in [-0.2, 0) is 12.7 Å². The maximum atomic E-state index is 12.4. The lowest BCUT2D eigenvalue weighted by Gasteiger charge is -2.07. The maximum absolute atomic E-state index is 12.4. The molecular weight excluding hydrogens is 257 g/mol. The van der Waals surface area contributed by atoms with Crippen LogP contribution in [0.4, 0.5) is 13.2 Å². The summed E-state index contributed by atoms with van der Waals surface area (Å²) in [6.45, 7) is 2.05. The van der Waals surface area contributed by atoms with Crippen LogP contribution in [0.3, 0.4) is 0 Å². The summed E-state index contributed by atoms with van der Waals surface area (Å²) < 4.78 is 37.1. The van der Waals surface area contributed by atoms with Crippen LogP contribution in [0.1, 0.15) is 17.2 Å². The van der Waals surface area contributed by atoms with Crippen molar-refractivity contribution in [1.82, 2.24) is 15.0 Å². The quantitative estimate of drug-likeness (QED) is 0.907. The molecule has 2 heterocycles. The topological polar surface area (TPSA) is 64.7 Å². The minimum Gasteiger partial charge on any atom is -0.325 e. The van der Waals surface area contributed by atoms with Crippen LogP contribution < -0.4 is 5.73 Å².